The monoisotopic (exact) mass is 344 g/mol. The molecule has 2 saturated heterocycles. The van der Waals surface area contributed by atoms with Crippen molar-refractivity contribution in [2.75, 3.05) is 20.3 Å². The first-order valence-electron chi connectivity index (χ1n) is 9.49. The molecule has 1 N–H and O–H groups in total. The maximum Gasteiger partial charge on any atom is 0.226 e. The fourth-order valence-electron chi connectivity index (χ4n) is 4.40. The number of nitrogens with one attached hydrogen (secondary N) is 1. The van der Waals surface area contributed by atoms with Crippen molar-refractivity contribution in [1.29, 1.82) is 0 Å². The lowest BCUT2D eigenvalue weighted by molar-refractivity contribution is -0.127. The van der Waals surface area contributed by atoms with E-state index in [-0.39, 0.29) is 30.0 Å². The van der Waals surface area contributed by atoms with Crippen LogP contribution in [0.1, 0.15) is 44.2 Å². The van der Waals surface area contributed by atoms with Gasteiger partial charge in [-0.25, -0.2) is 0 Å². The van der Waals surface area contributed by atoms with Crippen LogP contribution in [-0.2, 0) is 9.53 Å². The second-order valence-electron chi connectivity index (χ2n) is 7.57. The van der Waals surface area contributed by atoms with E-state index >= 15 is 0 Å². The third-order valence-electron chi connectivity index (χ3n) is 5.93. The van der Waals surface area contributed by atoms with Crippen LogP contribution in [0.2, 0.25) is 0 Å². The summed E-state index contributed by atoms with van der Waals surface area (Å²) in [4.78, 5) is 15.3. The van der Waals surface area contributed by atoms with Gasteiger partial charge in [-0.15, -0.1) is 0 Å². The molecule has 1 amide bonds. The number of carbonyl (C=O) groups excluding carboxylic acids is 1. The van der Waals surface area contributed by atoms with Crippen molar-refractivity contribution in [1.82, 2.24) is 10.2 Å². The van der Waals surface area contributed by atoms with Gasteiger partial charge in [0, 0.05) is 25.2 Å². The molecule has 4 atom stereocenters. The number of amides is 1. The van der Waals surface area contributed by atoms with Gasteiger partial charge < -0.3 is 14.8 Å². The molecule has 2 aliphatic heterocycles. The molecule has 3 aliphatic rings. The molecule has 25 heavy (non-hydrogen) atoms. The van der Waals surface area contributed by atoms with Crippen LogP contribution in [0.25, 0.3) is 0 Å². The number of likely N-dealkylation sites (tertiary alicyclic amines) is 1. The lowest BCUT2D eigenvalue weighted by Gasteiger charge is -2.30. The van der Waals surface area contributed by atoms with Crippen LogP contribution >= 0.6 is 0 Å². The van der Waals surface area contributed by atoms with E-state index in [1.54, 1.807) is 7.11 Å². The zero-order chi connectivity index (χ0) is 17.4. The number of ether oxygens (including phenoxy) is 2. The minimum atomic E-state index is -0.0130. The molecular weight excluding hydrogens is 316 g/mol. The maximum atomic E-state index is 12.8. The van der Waals surface area contributed by atoms with Crippen LogP contribution in [0.5, 0.6) is 5.75 Å². The minimum absolute atomic E-state index is 0.0130. The van der Waals surface area contributed by atoms with E-state index in [0.29, 0.717) is 12.6 Å². The number of carbonyl (C=O) groups is 1. The van der Waals surface area contributed by atoms with Gasteiger partial charge in [0.25, 0.3) is 0 Å². The van der Waals surface area contributed by atoms with Gasteiger partial charge in [-0.1, -0.05) is 12.1 Å². The largest absolute Gasteiger partial charge is 0.497 e. The zero-order valence-corrected chi connectivity index (χ0v) is 15.1. The van der Waals surface area contributed by atoms with E-state index in [9.17, 15) is 4.79 Å². The lowest BCUT2D eigenvalue weighted by Crippen LogP contribution is -2.44. The Morgan fingerprint density at radius 2 is 2.12 bits per heavy atom. The van der Waals surface area contributed by atoms with Gasteiger partial charge in [0.1, 0.15) is 5.75 Å². The molecule has 1 saturated carbocycles. The average molecular weight is 344 g/mol. The van der Waals surface area contributed by atoms with Crippen molar-refractivity contribution in [2.24, 2.45) is 5.92 Å². The molecule has 1 aliphatic carbocycles. The Kier molecular flexibility index (Phi) is 4.69. The summed E-state index contributed by atoms with van der Waals surface area (Å²) in [6.45, 7) is 3.74. The minimum Gasteiger partial charge on any atom is -0.497 e. The second-order valence-corrected chi connectivity index (χ2v) is 7.57. The van der Waals surface area contributed by atoms with E-state index in [0.717, 1.165) is 25.1 Å². The normalized spacial score (nSPS) is 32.7. The first kappa shape index (κ1) is 16.9. The molecule has 1 aromatic carbocycles. The average Bonchev–Trinajstić information content (AvgIpc) is 3.25. The number of benzene rings is 1. The Bertz CT molecular complexity index is 631. The van der Waals surface area contributed by atoms with Crippen LogP contribution in [0.3, 0.4) is 0 Å². The number of rotatable bonds is 5. The molecular formula is C20H28N2O3. The van der Waals surface area contributed by atoms with Gasteiger partial charge in [-0.3, -0.25) is 9.69 Å². The number of methoxy groups -OCH3 is 1. The SMILES string of the molecule is COc1cccc([C@@H]2[C@H](NC(=O)[C@H]3CCO[C@@H]3C)CCN2C2CC2)c1. The zero-order valence-electron chi connectivity index (χ0n) is 15.1. The van der Waals surface area contributed by atoms with Gasteiger partial charge in [-0.05, 0) is 50.3 Å². The number of hydrogen-bond donors (Lipinski definition) is 1. The Morgan fingerprint density at radius 1 is 1.28 bits per heavy atom. The van der Waals surface area contributed by atoms with E-state index in [4.69, 9.17) is 9.47 Å². The first-order chi connectivity index (χ1) is 12.2. The lowest BCUT2D eigenvalue weighted by atomic mass is 9.97. The summed E-state index contributed by atoms with van der Waals surface area (Å²) in [6, 6.07) is 9.37. The van der Waals surface area contributed by atoms with Gasteiger partial charge in [0.15, 0.2) is 0 Å². The van der Waals surface area contributed by atoms with E-state index in [1.807, 2.05) is 19.1 Å². The fourth-order valence-corrected chi connectivity index (χ4v) is 4.40. The fraction of sp³-hybridized carbons (Fsp3) is 0.650. The Balaban J connectivity index is 1.54. The molecule has 0 radical (unpaired) electrons. The molecule has 1 aromatic rings. The van der Waals surface area contributed by atoms with Gasteiger partial charge in [0.2, 0.25) is 5.91 Å². The highest BCUT2D eigenvalue weighted by Gasteiger charge is 2.44. The second kappa shape index (κ2) is 6.96. The van der Waals surface area contributed by atoms with Crippen LogP contribution in [0.4, 0.5) is 0 Å². The quantitative estimate of drug-likeness (QED) is 0.892. The number of hydrogen-bond acceptors (Lipinski definition) is 4. The summed E-state index contributed by atoms with van der Waals surface area (Å²) in [5.41, 5.74) is 1.24. The maximum absolute atomic E-state index is 12.8. The van der Waals surface area contributed by atoms with E-state index in [2.05, 4.69) is 22.3 Å². The molecule has 0 bridgehead atoms. The predicted octanol–water partition coefficient (Wildman–Crippen LogP) is 2.51. The summed E-state index contributed by atoms with van der Waals surface area (Å²) in [5.74, 6) is 1.02. The van der Waals surface area contributed by atoms with Crippen molar-refractivity contribution >= 4 is 5.91 Å². The van der Waals surface area contributed by atoms with Crippen molar-refractivity contribution in [3.8, 4) is 5.75 Å². The van der Waals surface area contributed by atoms with Crippen LogP contribution in [0, 0.1) is 5.92 Å². The summed E-state index contributed by atoms with van der Waals surface area (Å²) in [7, 11) is 1.70. The molecule has 4 rings (SSSR count). The number of nitrogens with zero attached hydrogens (tertiary/aromatic N) is 1. The Hall–Kier alpha value is -1.59. The molecule has 0 unspecified atom stereocenters. The van der Waals surface area contributed by atoms with Crippen molar-refractivity contribution in [3.63, 3.8) is 0 Å². The van der Waals surface area contributed by atoms with E-state index < -0.39 is 0 Å². The molecule has 2 heterocycles. The van der Waals surface area contributed by atoms with Crippen LogP contribution in [-0.4, -0.2) is 49.3 Å². The predicted molar refractivity (Wildman–Crippen MR) is 95.5 cm³/mol. The summed E-state index contributed by atoms with van der Waals surface area (Å²) >= 11 is 0. The highest BCUT2D eigenvalue weighted by atomic mass is 16.5. The van der Waals surface area contributed by atoms with Crippen LogP contribution in [0.15, 0.2) is 24.3 Å². The molecule has 136 valence electrons. The highest BCUT2D eigenvalue weighted by Crippen LogP contribution is 2.42. The van der Waals surface area contributed by atoms with Crippen molar-refractivity contribution in [3.05, 3.63) is 29.8 Å². The van der Waals surface area contributed by atoms with Gasteiger partial charge >= 0.3 is 0 Å². The first-order valence-corrected chi connectivity index (χ1v) is 9.49. The smallest absolute Gasteiger partial charge is 0.226 e. The third-order valence-corrected chi connectivity index (χ3v) is 5.93. The van der Waals surface area contributed by atoms with Gasteiger partial charge in [0.05, 0.1) is 25.2 Å². The topological polar surface area (TPSA) is 50.8 Å². The summed E-state index contributed by atoms with van der Waals surface area (Å²) in [5, 5.41) is 3.35. The third kappa shape index (κ3) is 3.40. The van der Waals surface area contributed by atoms with Crippen molar-refractivity contribution in [2.45, 2.75) is 56.8 Å². The standard InChI is InChI=1S/C20H28N2O3/c1-13-17(9-11-25-13)20(23)21-18-8-10-22(15-6-7-15)19(18)14-4-3-5-16(12-14)24-2/h3-5,12-13,15,17-19H,6-11H2,1-2H3,(H,21,23)/t13-,17+,18-,19-/m1/s1. The Morgan fingerprint density at radius 3 is 2.80 bits per heavy atom. The molecule has 0 spiro atoms. The Labute approximate surface area is 149 Å². The molecule has 5 nitrogen and oxygen atoms in total. The molecule has 3 fully saturated rings. The highest BCUT2D eigenvalue weighted by molar-refractivity contribution is 5.80. The van der Waals surface area contributed by atoms with E-state index in [1.165, 1.54) is 18.4 Å². The van der Waals surface area contributed by atoms with Crippen LogP contribution < -0.4 is 10.1 Å². The van der Waals surface area contributed by atoms with Gasteiger partial charge in [-0.2, -0.15) is 0 Å². The summed E-state index contributed by atoms with van der Waals surface area (Å²) < 4.78 is 11.0. The molecule has 5 heteroatoms. The van der Waals surface area contributed by atoms with Crippen molar-refractivity contribution < 1.29 is 14.3 Å². The summed E-state index contributed by atoms with van der Waals surface area (Å²) in [6.07, 6.45) is 4.40. The molecule has 0 aromatic heterocycles.